The molecule has 0 aromatic carbocycles. The number of rotatable bonds is 4. The molecule has 0 spiro atoms. The minimum absolute atomic E-state index is 0.158. The first-order valence-electron chi connectivity index (χ1n) is 7.94. The molecule has 5 rings (SSSR count). The molecule has 0 amide bonds. The molecule has 4 fully saturated rings. The highest BCUT2D eigenvalue weighted by Crippen LogP contribution is 2.61. The smallest absolute Gasteiger partial charge is 0.354 e. The number of nitrogens with zero attached hydrogens (tertiary/aromatic N) is 1. The maximum atomic E-state index is 11.0. The Morgan fingerprint density at radius 1 is 1.24 bits per heavy atom. The Morgan fingerprint density at radius 3 is 2.43 bits per heavy atom. The number of carboxylic acid groups (broad SMARTS) is 1. The first-order valence-corrected chi connectivity index (χ1v) is 8.93. The lowest BCUT2D eigenvalue weighted by Crippen LogP contribution is -2.47. The van der Waals surface area contributed by atoms with Crippen molar-refractivity contribution >= 4 is 17.7 Å². The number of hydrogen-bond acceptors (Lipinski definition) is 3. The molecule has 112 valence electrons. The van der Waals surface area contributed by atoms with E-state index in [1.54, 1.807) is 12.3 Å². The summed E-state index contributed by atoms with van der Waals surface area (Å²) < 4.78 is 0. The summed E-state index contributed by atoms with van der Waals surface area (Å²) in [6.07, 6.45) is 10.3. The van der Waals surface area contributed by atoms with Gasteiger partial charge in [0.1, 0.15) is 5.69 Å². The van der Waals surface area contributed by atoms with Gasteiger partial charge < -0.3 is 5.11 Å². The van der Waals surface area contributed by atoms with Gasteiger partial charge in [0.05, 0.1) is 0 Å². The highest BCUT2D eigenvalue weighted by atomic mass is 32.2. The first-order chi connectivity index (χ1) is 10.1. The van der Waals surface area contributed by atoms with Gasteiger partial charge in [-0.05, 0) is 73.8 Å². The number of thioether (sulfide) groups is 1. The van der Waals surface area contributed by atoms with E-state index in [9.17, 15) is 4.79 Å². The Morgan fingerprint density at radius 2 is 1.86 bits per heavy atom. The van der Waals surface area contributed by atoms with Gasteiger partial charge in [0.15, 0.2) is 0 Å². The Hall–Kier alpha value is -1.03. The van der Waals surface area contributed by atoms with Crippen molar-refractivity contribution in [3.05, 3.63) is 24.0 Å². The summed E-state index contributed by atoms with van der Waals surface area (Å²) in [6, 6.07) is 3.66. The number of aromatic carboxylic acids is 1. The molecule has 1 aromatic heterocycles. The lowest BCUT2D eigenvalue weighted by atomic mass is 9.50. The maximum absolute atomic E-state index is 11.0. The second-order valence-corrected chi connectivity index (χ2v) is 8.44. The average Bonchev–Trinajstić information content (AvgIpc) is 2.44. The number of pyridine rings is 1. The highest BCUT2D eigenvalue weighted by Gasteiger charge is 2.50. The van der Waals surface area contributed by atoms with Crippen LogP contribution in [0.15, 0.2) is 23.2 Å². The number of hydrogen-bond donors (Lipinski definition) is 1. The third kappa shape index (κ3) is 2.59. The second-order valence-electron chi connectivity index (χ2n) is 7.39. The van der Waals surface area contributed by atoms with Gasteiger partial charge in [0, 0.05) is 16.8 Å². The van der Waals surface area contributed by atoms with Crippen LogP contribution in [0.2, 0.25) is 0 Å². The van der Waals surface area contributed by atoms with Crippen molar-refractivity contribution in [2.45, 2.75) is 43.4 Å². The van der Waals surface area contributed by atoms with Crippen molar-refractivity contribution in [2.75, 3.05) is 5.75 Å². The molecule has 3 nitrogen and oxygen atoms in total. The van der Waals surface area contributed by atoms with Gasteiger partial charge in [-0.1, -0.05) is 0 Å². The highest BCUT2D eigenvalue weighted by molar-refractivity contribution is 7.99. The van der Waals surface area contributed by atoms with Crippen LogP contribution in [0.5, 0.6) is 0 Å². The molecule has 0 atom stereocenters. The Kier molecular flexibility index (Phi) is 3.25. The van der Waals surface area contributed by atoms with Gasteiger partial charge in [-0.2, -0.15) is 0 Å². The third-order valence-electron chi connectivity index (χ3n) is 5.66. The van der Waals surface area contributed by atoms with Crippen LogP contribution in [-0.4, -0.2) is 21.8 Å². The Bertz CT molecular complexity index is 536. The lowest BCUT2D eigenvalue weighted by Gasteiger charge is -2.56. The van der Waals surface area contributed by atoms with Crippen molar-refractivity contribution in [1.82, 2.24) is 4.98 Å². The number of carboxylic acids is 1. The zero-order chi connectivity index (χ0) is 14.4. The minimum Gasteiger partial charge on any atom is -0.477 e. The second kappa shape index (κ2) is 5.01. The molecule has 1 N–H and O–H groups in total. The standard InChI is InChI=1S/C17H21NO2S/c19-16(20)15-6-14(1-2-18-15)21-10-17-7-11-3-12(8-17)5-13(4-11)9-17/h1-2,6,11-13H,3-5,7-10H2,(H,19,20). The van der Waals surface area contributed by atoms with Crippen LogP contribution >= 0.6 is 11.8 Å². The zero-order valence-corrected chi connectivity index (χ0v) is 12.9. The monoisotopic (exact) mass is 303 g/mol. The molecule has 4 aliphatic carbocycles. The molecule has 0 unspecified atom stereocenters. The molecule has 4 bridgehead atoms. The van der Waals surface area contributed by atoms with Crippen molar-refractivity contribution < 1.29 is 9.90 Å². The van der Waals surface area contributed by atoms with Crippen molar-refractivity contribution in [1.29, 1.82) is 0 Å². The Balaban J connectivity index is 1.47. The number of aromatic nitrogens is 1. The summed E-state index contributed by atoms with van der Waals surface area (Å²) in [5.41, 5.74) is 0.692. The predicted octanol–water partition coefficient (Wildman–Crippen LogP) is 4.09. The van der Waals surface area contributed by atoms with Gasteiger partial charge in [-0.25, -0.2) is 9.78 Å². The van der Waals surface area contributed by atoms with Crippen molar-refractivity contribution in [2.24, 2.45) is 23.2 Å². The summed E-state index contributed by atoms with van der Waals surface area (Å²) in [4.78, 5) is 16.0. The zero-order valence-electron chi connectivity index (χ0n) is 12.1. The molecule has 4 saturated carbocycles. The fourth-order valence-corrected chi connectivity index (χ4v) is 6.50. The maximum Gasteiger partial charge on any atom is 0.354 e. The molecule has 21 heavy (non-hydrogen) atoms. The normalized spacial score (nSPS) is 36.9. The topological polar surface area (TPSA) is 50.2 Å². The molecule has 4 aliphatic rings. The predicted molar refractivity (Wildman–Crippen MR) is 82.5 cm³/mol. The van der Waals surface area contributed by atoms with Crippen LogP contribution in [0.25, 0.3) is 0 Å². The van der Waals surface area contributed by atoms with E-state index in [0.717, 1.165) is 28.4 Å². The van der Waals surface area contributed by atoms with Crippen LogP contribution in [0.1, 0.15) is 49.0 Å². The molecular weight excluding hydrogens is 282 g/mol. The molecule has 0 aliphatic heterocycles. The molecular formula is C17H21NO2S. The van der Waals surface area contributed by atoms with E-state index in [-0.39, 0.29) is 5.69 Å². The molecule has 0 radical (unpaired) electrons. The summed E-state index contributed by atoms with van der Waals surface area (Å²) >= 11 is 1.84. The van der Waals surface area contributed by atoms with E-state index in [1.165, 1.54) is 38.5 Å². The van der Waals surface area contributed by atoms with E-state index >= 15 is 0 Å². The third-order valence-corrected chi connectivity index (χ3v) is 7.00. The summed E-state index contributed by atoms with van der Waals surface area (Å²) in [5, 5.41) is 9.04. The van der Waals surface area contributed by atoms with Gasteiger partial charge in [0.2, 0.25) is 0 Å². The average molecular weight is 303 g/mol. The largest absolute Gasteiger partial charge is 0.477 e. The first kappa shape index (κ1) is 13.6. The van der Waals surface area contributed by atoms with Gasteiger partial charge in [0.25, 0.3) is 0 Å². The fraction of sp³-hybridized carbons (Fsp3) is 0.647. The van der Waals surface area contributed by atoms with Crippen LogP contribution < -0.4 is 0 Å². The van der Waals surface area contributed by atoms with Gasteiger partial charge in [-0.3, -0.25) is 0 Å². The van der Waals surface area contributed by atoms with Crippen LogP contribution in [0, 0.1) is 23.2 Å². The molecule has 0 saturated heterocycles. The summed E-state index contributed by atoms with van der Waals surface area (Å²) in [6.45, 7) is 0. The SMILES string of the molecule is O=C(O)c1cc(SCC23CC4CC(CC(C4)C2)C3)ccn1. The Labute approximate surface area is 129 Å². The van der Waals surface area contributed by atoms with Crippen LogP contribution in [-0.2, 0) is 0 Å². The molecule has 1 heterocycles. The van der Waals surface area contributed by atoms with Crippen LogP contribution in [0.3, 0.4) is 0 Å². The summed E-state index contributed by atoms with van der Waals surface area (Å²) in [7, 11) is 0. The van der Waals surface area contributed by atoms with E-state index in [0.29, 0.717) is 5.41 Å². The lowest BCUT2D eigenvalue weighted by molar-refractivity contribution is -0.0381. The number of carbonyl (C=O) groups is 1. The van der Waals surface area contributed by atoms with E-state index in [1.807, 2.05) is 17.8 Å². The van der Waals surface area contributed by atoms with Gasteiger partial charge >= 0.3 is 5.97 Å². The van der Waals surface area contributed by atoms with Crippen molar-refractivity contribution in [3.8, 4) is 0 Å². The van der Waals surface area contributed by atoms with E-state index in [4.69, 9.17) is 5.11 Å². The quantitative estimate of drug-likeness (QED) is 0.851. The van der Waals surface area contributed by atoms with E-state index in [2.05, 4.69) is 4.98 Å². The minimum atomic E-state index is -0.938. The molecule has 4 heteroatoms. The van der Waals surface area contributed by atoms with Gasteiger partial charge in [-0.15, -0.1) is 11.8 Å². The van der Waals surface area contributed by atoms with Crippen LogP contribution in [0.4, 0.5) is 0 Å². The molecule has 1 aromatic rings. The van der Waals surface area contributed by atoms with E-state index < -0.39 is 5.97 Å². The summed E-state index contributed by atoms with van der Waals surface area (Å²) in [5.74, 6) is 3.14. The van der Waals surface area contributed by atoms with Crippen molar-refractivity contribution in [3.63, 3.8) is 0 Å². The fourth-order valence-electron chi connectivity index (χ4n) is 5.32.